The van der Waals surface area contributed by atoms with Crippen molar-refractivity contribution in [2.75, 3.05) is 24.5 Å². The first-order valence-corrected chi connectivity index (χ1v) is 11.2. The first-order valence-electron chi connectivity index (χ1n) is 10.4. The molecule has 3 rings (SSSR count). The van der Waals surface area contributed by atoms with Crippen LogP contribution in [0.3, 0.4) is 0 Å². The van der Waals surface area contributed by atoms with Crippen molar-refractivity contribution < 1.29 is 0 Å². The second-order valence-electron chi connectivity index (χ2n) is 7.59. The number of hydrogen-bond acceptors (Lipinski definition) is 3. The lowest BCUT2D eigenvalue weighted by atomic mass is 10.1. The summed E-state index contributed by atoms with van der Waals surface area (Å²) in [6.07, 6.45) is 1.11. The van der Waals surface area contributed by atoms with Crippen molar-refractivity contribution in [3.05, 3.63) is 63.6 Å². The third kappa shape index (κ3) is 6.37. The van der Waals surface area contributed by atoms with Crippen molar-refractivity contribution in [1.82, 2.24) is 4.90 Å². The van der Waals surface area contributed by atoms with Crippen LogP contribution in [0.1, 0.15) is 45.2 Å². The summed E-state index contributed by atoms with van der Waals surface area (Å²) in [6.45, 7) is 12.5. The Morgan fingerprint density at radius 1 is 1.14 bits per heavy atom. The van der Waals surface area contributed by atoms with Gasteiger partial charge in [-0.1, -0.05) is 69.1 Å². The molecular weight excluding hydrogens is 401 g/mol. The van der Waals surface area contributed by atoms with Crippen molar-refractivity contribution >= 4 is 28.9 Å². The molecule has 1 aliphatic heterocycles. The molecule has 1 unspecified atom stereocenters. The van der Waals surface area contributed by atoms with Gasteiger partial charge in [0.25, 0.3) is 0 Å². The van der Waals surface area contributed by atoms with Gasteiger partial charge >= 0.3 is 0 Å². The van der Waals surface area contributed by atoms with Gasteiger partial charge in [-0.25, -0.2) is 0 Å². The van der Waals surface area contributed by atoms with Gasteiger partial charge in [-0.2, -0.15) is 5.26 Å². The highest BCUT2D eigenvalue weighted by Crippen LogP contribution is 2.30. The van der Waals surface area contributed by atoms with Crippen LogP contribution in [0, 0.1) is 17.2 Å². The first-order chi connectivity index (χ1) is 14.0. The predicted molar refractivity (Wildman–Crippen MR) is 125 cm³/mol. The van der Waals surface area contributed by atoms with E-state index in [1.165, 1.54) is 0 Å². The van der Waals surface area contributed by atoms with Crippen molar-refractivity contribution in [1.29, 1.82) is 5.26 Å². The molecule has 0 aliphatic carbocycles. The number of likely N-dealkylation sites (tertiary alicyclic amines) is 1. The minimum atomic E-state index is 0.393. The fraction of sp³-hybridized carbons (Fsp3) is 0.458. The number of hydrogen-bond donors (Lipinski definition) is 0. The summed E-state index contributed by atoms with van der Waals surface area (Å²) >= 11 is 12.8. The lowest BCUT2D eigenvalue weighted by Gasteiger charge is -2.32. The van der Waals surface area contributed by atoms with Crippen LogP contribution in [0.4, 0.5) is 5.69 Å². The molecule has 0 saturated carbocycles. The summed E-state index contributed by atoms with van der Waals surface area (Å²) in [4.78, 5) is 4.91. The largest absolute Gasteiger partial charge is 0.363 e. The van der Waals surface area contributed by atoms with E-state index in [1.54, 1.807) is 6.07 Å². The second-order valence-corrected chi connectivity index (χ2v) is 8.41. The SMILES string of the molecule is CC.CC(C)CN1CCC(N(Cc2ccccc2Cl)c2ccc(C#N)c(Cl)c2)C1. The molecule has 0 bridgehead atoms. The van der Waals surface area contributed by atoms with Gasteiger partial charge < -0.3 is 9.80 Å². The molecule has 1 aliphatic rings. The third-order valence-corrected chi connectivity index (χ3v) is 5.70. The normalized spacial score (nSPS) is 16.3. The van der Waals surface area contributed by atoms with E-state index in [0.29, 0.717) is 22.5 Å². The lowest BCUT2D eigenvalue weighted by molar-refractivity contribution is 0.293. The highest BCUT2D eigenvalue weighted by Gasteiger charge is 2.29. The van der Waals surface area contributed by atoms with Crippen molar-refractivity contribution in [3.63, 3.8) is 0 Å². The molecule has 1 fully saturated rings. The van der Waals surface area contributed by atoms with Gasteiger partial charge in [0.15, 0.2) is 0 Å². The standard InChI is InChI=1S/C22H25Cl2N3.C2H6/c1-16(2)13-26-10-9-20(15-26)27(14-18-5-3-4-6-21(18)23)19-8-7-17(12-25)22(24)11-19;1-2/h3-8,11,16,20H,9-10,13-15H2,1-2H3;1-2H3. The molecule has 1 atom stereocenters. The zero-order chi connectivity index (χ0) is 21.4. The van der Waals surface area contributed by atoms with E-state index in [2.05, 4.69) is 35.8 Å². The zero-order valence-corrected chi connectivity index (χ0v) is 19.3. The van der Waals surface area contributed by atoms with E-state index in [-0.39, 0.29) is 0 Å². The van der Waals surface area contributed by atoms with Gasteiger partial charge in [-0.05, 0) is 42.2 Å². The summed E-state index contributed by atoms with van der Waals surface area (Å²) in [6, 6.07) is 16.2. The topological polar surface area (TPSA) is 30.3 Å². The van der Waals surface area contributed by atoms with Crippen LogP contribution in [0.5, 0.6) is 0 Å². The number of benzene rings is 2. The van der Waals surface area contributed by atoms with Crippen LogP contribution in [0.15, 0.2) is 42.5 Å². The monoisotopic (exact) mass is 431 g/mol. The van der Waals surface area contributed by atoms with Gasteiger partial charge in [0.05, 0.1) is 10.6 Å². The van der Waals surface area contributed by atoms with Crippen LogP contribution in [0.25, 0.3) is 0 Å². The fourth-order valence-electron chi connectivity index (χ4n) is 3.76. The Hall–Kier alpha value is -1.73. The molecule has 1 saturated heterocycles. The molecule has 2 aromatic rings. The summed E-state index contributed by atoms with van der Waals surface area (Å²) in [5, 5.41) is 10.5. The fourth-order valence-corrected chi connectivity index (χ4v) is 4.18. The summed E-state index contributed by atoms with van der Waals surface area (Å²) < 4.78 is 0. The Balaban J connectivity index is 0.00000145. The molecule has 156 valence electrons. The number of halogens is 2. The van der Waals surface area contributed by atoms with Crippen molar-refractivity contribution in [2.24, 2.45) is 5.92 Å². The van der Waals surface area contributed by atoms with E-state index in [9.17, 15) is 5.26 Å². The maximum atomic E-state index is 9.18. The van der Waals surface area contributed by atoms with Gasteiger partial charge in [-0.15, -0.1) is 0 Å². The minimum Gasteiger partial charge on any atom is -0.363 e. The molecule has 0 amide bonds. The van der Waals surface area contributed by atoms with Crippen molar-refractivity contribution in [2.45, 2.75) is 46.7 Å². The van der Waals surface area contributed by atoms with Crippen LogP contribution >= 0.6 is 23.2 Å². The summed E-state index contributed by atoms with van der Waals surface area (Å²) in [7, 11) is 0. The van der Waals surface area contributed by atoms with E-state index in [4.69, 9.17) is 23.2 Å². The molecule has 0 N–H and O–H groups in total. The van der Waals surface area contributed by atoms with Crippen molar-refractivity contribution in [3.8, 4) is 6.07 Å². The van der Waals surface area contributed by atoms with Crippen LogP contribution in [-0.2, 0) is 6.54 Å². The van der Waals surface area contributed by atoms with Crippen LogP contribution < -0.4 is 4.90 Å². The molecule has 0 aromatic heterocycles. The van der Waals surface area contributed by atoms with Gasteiger partial charge in [0.1, 0.15) is 6.07 Å². The highest BCUT2D eigenvalue weighted by atomic mass is 35.5. The lowest BCUT2D eigenvalue weighted by Crippen LogP contribution is -2.38. The Morgan fingerprint density at radius 3 is 2.48 bits per heavy atom. The summed E-state index contributed by atoms with van der Waals surface area (Å²) in [5.74, 6) is 0.658. The summed E-state index contributed by atoms with van der Waals surface area (Å²) in [5.41, 5.74) is 2.64. The zero-order valence-electron chi connectivity index (χ0n) is 17.8. The van der Waals surface area contributed by atoms with Crippen LogP contribution in [-0.4, -0.2) is 30.6 Å². The molecular formula is C24H31Cl2N3. The Labute approximate surface area is 185 Å². The molecule has 1 heterocycles. The van der Waals surface area contributed by atoms with E-state index in [0.717, 1.165) is 48.9 Å². The molecule has 2 aromatic carbocycles. The van der Waals surface area contributed by atoms with Crippen LogP contribution in [0.2, 0.25) is 10.0 Å². The molecule has 0 spiro atoms. The maximum Gasteiger partial charge on any atom is 0.101 e. The van der Waals surface area contributed by atoms with E-state index >= 15 is 0 Å². The van der Waals surface area contributed by atoms with Gasteiger partial charge in [0, 0.05) is 42.9 Å². The number of rotatable bonds is 6. The number of anilines is 1. The first kappa shape index (κ1) is 23.5. The Kier molecular flexibility index (Phi) is 9.30. The molecule has 0 radical (unpaired) electrons. The number of nitrogens with zero attached hydrogens (tertiary/aromatic N) is 3. The predicted octanol–water partition coefficient (Wildman–Crippen LogP) is 6.63. The molecule has 3 nitrogen and oxygen atoms in total. The quantitative estimate of drug-likeness (QED) is 0.513. The number of nitriles is 1. The van der Waals surface area contributed by atoms with E-state index in [1.807, 2.05) is 44.2 Å². The highest BCUT2D eigenvalue weighted by molar-refractivity contribution is 6.32. The maximum absolute atomic E-state index is 9.18. The minimum absolute atomic E-state index is 0.393. The second kappa shape index (κ2) is 11.5. The molecule has 5 heteroatoms. The molecule has 29 heavy (non-hydrogen) atoms. The smallest absolute Gasteiger partial charge is 0.101 e. The average Bonchev–Trinajstić information content (AvgIpc) is 3.16. The Morgan fingerprint density at radius 2 is 1.86 bits per heavy atom. The van der Waals surface area contributed by atoms with E-state index < -0.39 is 0 Å². The average molecular weight is 432 g/mol. The van der Waals surface area contributed by atoms with Gasteiger partial charge in [-0.3, -0.25) is 0 Å². The Bertz CT molecular complexity index is 829. The third-order valence-electron chi connectivity index (χ3n) is 5.01. The van der Waals surface area contributed by atoms with Gasteiger partial charge in [0.2, 0.25) is 0 Å².